The van der Waals surface area contributed by atoms with E-state index in [2.05, 4.69) is 51.8 Å². The van der Waals surface area contributed by atoms with Crippen LogP contribution in [-0.4, -0.2) is 31.4 Å². The Morgan fingerprint density at radius 1 is 1.04 bits per heavy atom. The van der Waals surface area contributed by atoms with Crippen LogP contribution in [0.2, 0.25) is 0 Å². The predicted octanol–water partition coefficient (Wildman–Crippen LogP) is 5.31. The first kappa shape index (κ1) is 17.7. The molecule has 2 aromatic carbocycles. The van der Waals surface area contributed by atoms with Crippen molar-refractivity contribution in [3.8, 4) is 22.9 Å². The average molecular weight is 488 g/mol. The zero-order valence-corrected chi connectivity index (χ0v) is 16.9. The number of benzene rings is 2. The summed E-state index contributed by atoms with van der Waals surface area (Å²) in [4.78, 5) is 16.5. The molecule has 3 N–H and O–H groups in total. The van der Waals surface area contributed by atoms with Crippen LogP contribution in [-0.2, 0) is 0 Å². The molecule has 4 aromatic rings. The van der Waals surface area contributed by atoms with Crippen LogP contribution in [0.1, 0.15) is 5.56 Å². The molecule has 0 unspecified atom stereocenters. The molecule has 0 saturated carbocycles. The van der Waals surface area contributed by atoms with E-state index in [0.29, 0.717) is 26.9 Å². The Morgan fingerprint density at radius 2 is 1.81 bits per heavy atom. The number of imidazole rings is 1. The molecule has 8 heteroatoms. The number of halogens is 2. The van der Waals surface area contributed by atoms with Gasteiger partial charge in [0.1, 0.15) is 27.3 Å². The number of hydrogen-bond acceptors (Lipinski definition) is 5. The zero-order chi connectivity index (χ0) is 19.0. The number of phenolic OH excluding ortho intramolecular Hbond substituents is 2. The number of fused-ring (bicyclic) bond motifs is 1. The standard InChI is InChI=1S/C19H12Br2N4O2/c20-13-6-11(16(26)15(21)17(13)27)8-22-12-7-14-19(23-9-12)25-18(24-14)10-4-2-1-3-5-10/h1-9,26-27H,(H,23,24,25)/b22-8+. The van der Waals surface area contributed by atoms with Crippen molar-refractivity contribution in [3.05, 3.63) is 63.2 Å². The maximum atomic E-state index is 10.1. The molecule has 6 nitrogen and oxygen atoms in total. The van der Waals surface area contributed by atoms with Crippen LogP contribution in [0, 0.1) is 0 Å². The Bertz CT molecular complexity index is 1170. The molecular formula is C19H12Br2N4O2. The quantitative estimate of drug-likeness (QED) is 0.341. The highest BCUT2D eigenvalue weighted by Gasteiger charge is 2.13. The van der Waals surface area contributed by atoms with Gasteiger partial charge in [0.25, 0.3) is 0 Å². The summed E-state index contributed by atoms with van der Waals surface area (Å²) < 4.78 is 0.647. The third-order valence-corrected chi connectivity index (χ3v) is 5.28. The molecule has 0 saturated heterocycles. The van der Waals surface area contributed by atoms with Crippen molar-refractivity contribution in [2.45, 2.75) is 0 Å². The lowest BCUT2D eigenvalue weighted by atomic mass is 10.2. The summed E-state index contributed by atoms with van der Waals surface area (Å²) >= 11 is 6.38. The number of hydrogen-bond donors (Lipinski definition) is 3. The molecule has 0 aliphatic carbocycles. The summed E-state index contributed by atoms with van der Waals surface area (Å²) in [5.41, 5.74) is 3.38. The van der Waals surface area contributed by atoms with E-state index < -0.39 is 0 Å². The van der Waals surface area contributed by atoms with Gasteiger partial charge >= 0.3 is 0 Å². The highest BCUT2D eigenvalue weighted by molar-refractivity contribution is 9.11. The Kier molecular flexibility index (Phi) is 4.67. The number of aromatic hydroxyl groups is 2. The molecule has 0 radical (unpaired) electrons. The van der Waals surface area contributed by atoms with Crippen LogP contribution in [0.5, 0.6) is 11.5 Å². The molecule has 0 aliphatic heterocycles. The van der Waals surface area contributed by atoms with E-state index in [9.17, 15) is 10.2 Å². The van der Waals surface area contributed by atoms with E-state index in [4.69, 9.17) is 0 Å². The van der Waals surface area contributed by atoms with E-state index in [0.717, 1.165) is 11.4 Å². The van der Waals surface area contributed by atoms with Gasteiger partial charge in [-0.15, -0.1) is 0 Å². The van der Waals surface area contributed by atoms with Crippen molar-refractivity contribution < 1.29 is 10.2 Å². The molecule has 0 atom stereocenters. The number of nitrogens with one attached hydrogen (secondary N) is 1. The smallest absolute Gasteiger partial charge is 0.157 e. The molecule has 0 aliphatic rings. The Balaban J connectivity index is 1.68. The van der Waals surface area contributed by atoms with Crippen molar-refractivity contribution in [1.82, 2.24) is 15.0 Å². The fraction of sp³-hybridized carbons (Fsp3) is 0. The van der Waals surface area contributed by atoms with Gasteiger partial charge in [-0.3, -0.25) is 4.99 Å². The summed E-state index contributed by atoms with van der Waals surface area (Å²) in [5.74, 6) is 0.570. The summed E-state index contributed by atoms with van der Waals surface area (Å²) in [6.45, 7) is 0. The van der Waals surface area contributed by atoms with Crippen LogP contribution >= 0.6 is 31.9 Å². The Labute approximate surface area is 170 Å². The van der Waals surface area contributed by atoms with Crippen molar-refractivity contribution in [2.24, 2.45) is 4.99 Å². The first-order valence-corrected chi connectivity index (χ1v) is 9.46. The Hall–Kier alpha value is -2.71. The number of aliphatic imine (C=N–C) groups is 1. The molecular weight excluding hydrogens is 476 g/mol. The lowest BCUT2D eigenvalue weighted by Crippen LogP contribution is -1.86. The summed E-state index contributed by atoms with van der Waals surface area (Å²) in [5, 5.41) is 19.9. The summed E-state index contributed by atoms with van der Waals surface area (Å²) in [6.07, 6.45) is 3.12. The highest BCUT2D eigenvalue weighted by Crippen LogP contribution is 2.40. The molecule has 134 valence electrons. The third kappa shape index (κ3) is 3.45. The van der Waals surface area contributed by atoms with Gasteiger partial charge in [0.15, 0.2) is 5.65 Å². The van der Waals surface area contributed by atoms with E-state index >= 15 is 0 Å². The molecule has 4 rings (SSSR count). The van der Waals surface area contributed by atoms with Gasteiger partial charge < -0.3 is 15.2 Å². The normalized spacial score (nSPS) is 11.5. The largest absolute Gasteiger partial charge is 0.506 e. The number of H-pyrrole nitrogens is 1. The van der Waals surface area contributed by atoms with Gasteiger partial charge in [-0.05, 0) is 44.0 Å². The average Bonchev–Trinajstić information content (AvgIpc) is 3.12. The van der Waals surface area contributed by atoms with Crippen LogP contribution in [0.4, 0.5) is 5.69 Å². The number of phenols is 2. The SMILES string of the molecule is Oc1c(Br)cc(/C=N/c2cnc3[nH]c(-c4ccccc4)nc3c2)c(O)c1Br. The second-order valence-electron chi connectivity index (χ2n) is 5.73. The first-order chi connectivity index (χ1) is 13.0. The van der Waals surface area contributed by atoms with Gasteiger partial charge in [-0.1, -0.05) is 30.3 Å². The second kappa shape index (κ2) is 7.13. The van der Waals surface area contributed by atoms with Crippen LogP contribution < -0.4 is 0 Å². The van der Waals surface area contributed by atoms with Crippen molar-refractivity contribution in [3.63, 3.8) is 0 Å². The highest BCUT2D eigenvalue weighted by atomic mass is 79.9. The van der Waals surface area contributed by atoms with Crippen molar-refractivity contribution in [2.75, 3.05) is 0 Å². The summed E-state index contributed by atoms with van der Waals surface area (Å²) in [7, 11) is 0. The lowest BCUT2D eigenvalue weighted by Gasteiger charge is -2.06. The van der Waals surface area contributed by atoms with Crippen molar-refractivity contribution in [1.29, 1.82) is 0 Å². The monoisotopic (exact) mass is 486 g/mol. The van der Waals surface area contributed by atoms with E-state index in [1.54, 1.807) is 12.3 Å². The molecule has 0 amide bonds. The number of aromatic nitrogens is 3. The number of pyridine rings is 1. The maximum Gasteiger partial charge on any atom is 0.157 e. The van der Waals surface area contributed by atoms with E-state index in [1.807, 2.05) is 36.4 Å². The minimum Gasteiger partial charge on any atom is -0.506 e. The van der Waals surface area contributed by atoms with E-state index in [1.165, 1.54) is 6.21 Å². The Morgan fingerprint density at radius 3 is 2.59 bits per heavy atom. The zero-order valence-electron chi connectivity index (χ0n) is 13.7. The molecule has 0 spiro atoms. The number of nitrogens with zero attached hydrogens (tertiary/aromatic N) is 3. The number of rotatable bonds is 3. The maximum absolute atomic E-state index is 10.1. The molecule has 2 aromatic heterocycles. The lowest BCUT2D eigenvalue weighted by molar-refractivity contribution is 0.442. The minimum atomic E-state index is -0.0976. The molecule has 0 bridgehead atoms. The minimum absolute atomic E-state index is 0.0716. The van der Waals surface area contributed by atoms with Gasteiger partial charge in [0, 0.05) is 17.3 Å². The van der Waals surface area contributed by atoms with Gasteiger partial charge in [-0.25, -0.2) is 9.97 Å². The predicted molar refractivity (Wildman–Crippen MR) is 112 cm³/mol. The van der Waals surface area contributed by atoms with Crippen LogP contribution in [0.15, 0.2) is 62.6 Å². The fourth-order valence-corrected chi connectivity index (χ4v) is 3.70. The van der Waals surface area contributed by atoms with Crippen molar-refractivity contribution >= 4 is 54.9 Å². The van der Waals surface area contributed by atoms with Gasteiger partial charge in [0.2, 0.25) is 0 Å². The van der Waals surface area contributed by atoms with Gasteiger partial charge in [0.05, 0.1) is 16.4 Å². The van der Waals surface area contributed by atoms with Gasteiger partial charge in [-0.2, -0.15) is 0 Å². The molecule has 2 heterocycles. The second-order valence-corrected chi connectivity index (χ2v) is 7.38. The molecule has 27 heavy (non-hydrogen) atoms. The fourth-order valence-electron chi connectivity index (χ4n) is 2.55. The topological polar surface area (TPSA) is 94.4 Å². The van der Waals surface area contributed by atoms with Crippen LogP contribution in [0.25, 0.3) is 22.6 Å². The molecule has 0 fully saturated rings. The summed E-state index contributed by atoms with van der Waals surface area (Å²) in [6, 6.07) is 13.2. The van der Waals surface area contributed by atoms with Crippen LogP contribution in [0.3, 0.4) is 0 Å². The first-order valence-electron chi connectivity index (χ1n) is 7.88. The van der Waals surface area contributed by atoms with E-state index in [-0.39, 0.29) is 16.0 Å². The number of aromatic amines is 1. The third-order valence-electron chi connectivity index (χ3n) is 3.92.